The molecule has 0 aromatic carbocycles. The molecular formula is C9H13N3O. The topological polar surface area (TPSA) is 46.9 Å². The molecule has 4 heteroatoms. The normalized spacial score (nSPS) is 19.2. The summed E-state index contributed by atoms with van der Waals surface area (Å²) < 4.78 is 1.77. The molecule has 1 fully saturated rings. The molecule has 1 amide bonds. The SMILES string of the molecule is CNC(=O)C1(n2cccn2)CCC1. The van der Waals surface area contributed by atoms with E-state index < -0.39 is 5.54 Å². The van der Waals surface area contributed by atoms with E-state index in [4.69, 9.17) is 0 Å². The lowest BCUT2D eigenvalue weighted by molar-refractivity contribution is -0.134. The Morgan fingerprint density at radius 2 is 2.38 bits per heavy atom. The first-order valence-corrected chi connectivity index (χ1v) is 4.52. The summed E-state index contributed by atoms with van der Waals surface area (Å²) in [5, 5.41) is 6.83. The quantitative estimate of drug-likeness (QED) is 0.719. The van der Waals surface area contributed by atoms with Gasteiger partial charge < -0.3 is 5.32 Å². The fourth-order valence-corrected chi connectivity index (χ4v) is 1.83. The van der Waals surface area contributed by atoms with Gasteiger partial charge in [0.15, 0.2) is 0 Å². The zero-order valence-corrected chi connectivity index (χ0v) is 7.66. The molecule has 1 aromatic heterocycles. The number of aromatic nitrogens is 2. The van der Waals surface area contributed by atoms with Crippen LogP contribution in [0.25, 0.3) is 0 Å². The minimum Gasteiger partial charge on any atom is -0.357 e. The molecule has 13 heavy (non-hydrogen) atoms. The van der Waals surface area contributed by atoms with Crippen LogP contribution in [0, 0.1) is 0 Å². The number of nitrogens with one attached hydrogen (secondary N) is 1. The largest absolute Gasteiger partial charge is 0.357 e. The van der Waals surface area contributed by atoms with Crippen molar-refractivity contribution in [2.24, 2.45) is 0 Å². The second-order valence-electron chi connectivity index (χ2n) is 3.41. The van der Waals surface area contributed by atoms with Gasteiger partial charge >= 0.3 is 0 Å². The number of nitrogens with zero attached hydrogens (tertiary/aromatic N) is 2. The van der Waals surface area contributed by atoms with Crippen LogP contribution < -0.4 is 5.32 Å². The molecule has 2 rings (SSSR count). The Labute approximate surface area is 76.9 Å². The van der Waals surface area contributed by atoms with E-state index >= 15 is 0 Å². The van der Waals surface area contributed by atoms with E-state index in [1.54, 1.807) is 17.9 Å². The molecule has 0 bridgehead atoms. The van der Waals surface area contributed by atoms with Crippen LogP contribution in [0.5, 0.6) is 0 Å². The average Bonchev–Trinajstić information content (AvgIpc) is 2.55. The van der Waals surface area contributed by atoms with Gasteiger partial charge in [0.05, 0.1) is 0 Å². The Hall–Kier alpha value is -1.32. The van der Waals surface area contributed by atoms with E-state index in [0.717, 1.165) is 19.3 Å². The third-order valence-electron chi connectivity index (χ3n) is 2.77. The fraction of sp³-hybridized carbons (Fsp3) is 0.556. The first kappa shape index (κ1) is 8.29. The standard InChI is InChI=1S/C9H13N3O/c1-10-8(13)9(4-2-5-9)12-7-3-6-11-12/h3,6-7H,2,4-5H2,1H3,(H,10,13). The maximum atomic E-state index is 11.6. The maximum Gasteiger partial charge on any atom is 0.247 e. The summed E-state index contributed by atoms with van der Waals surface area (Å²) in [4.78, 5) is 11.6. The monoisotopic (exact) mass is 179 g/mol. The van der Waals surface area contributed by atoms with Gasteiger partial charge in [-0.25, -0.2) is 0 Å². The van der Waals surface area contributed by atoms with Crippen molar-refractivity contribution in [3.63, 3.8) is 0 Å². The Morgan fingerprint density at radius 1 is 1.62 bits per heavy atom. The lowest BCUT2D eigenvalue weighted by Crippen LogP contribution is -2.52. The van der Waals surface area contributed by atoms with Gasteiger partial charge in [-0.05, 0) is 25.3 Å². The van der Waals surface area contributed by atoms with Crippen molar-refractivity contribution < 1.29 is 4.79 Å². The van der Waals surface area contributed by atoms with E-state index in [1.165, 1.54) is 0 Å². The Balaban J connectivity index is 2.31. The number of carbonyl (C=O) groups excluding carboxylic acids is 1. The van der Waals surface area contributed by atoms with Gasteiger partial charge in [-0.2, -0.15) is 5.10 Å². The van der Waals surface area contributed by atoms with Crippen molar-refractivity contribution >= 4 is 5.91 Å². The molecule has 0 spiro atoms. The highest BCUT2D eigenvalue weighted by atomic mass is 16.2. The lowest BCUT2D eigenvalue weighted by atomic mass is 9.76. The predicted octanol–water partition coefficient (Wildman–Crippen LogP) is 0.508. The van der Waals surface area contributed by atoms with Crippen LogP contribution in [0.15, 0.2) is 18.5 Å². The zero-order valence-electron chi connectivity index (χ0n) is 7.66. The van der Waals surface area contributed by atoms with Gasteiger partial charge in [0, 0.05) is 19.4 Å². The second-order valence-corrected chi connectivity index (χ2v) is 3.41. The fourth-order valence-electron chi connectivity index (χ4n) is 1.83. The summed E-state index contributed by atoms with van der Waals surface area (Å²) in [6.45, 7) is 0. The molecule has 0 atom stereocenters. The first-order valence-electron chi connectivity index (χ1n) is 4.52. The smallest absolute Gasteiger partial charge is 0.247 e. The third-order valence-corrected chi connectivity index (χ3v) is 2.77. The maximum absolute atomic E-state index is 11.6. The minimum absolute atomic E-state index is 0.0717. The second kappa shape index (κ2) is 2.87. The third kappa shape index (κ3) is 1.05. The number of amides is 1. The Bertz CT molecular complexity index is 301. The van der Waals surface area contributed by atoms with Crippen molar-refractivity contribution in [1.29, 1.82) is 0 Å². The molecule has 0 radical (unpaired) electrons. The molecule has 1 heterocycles. The van der Waals surface area contributed by atoms with E-state index in [1.807, 2.05) is 12.3 Å². The molecule has 1 aromatic rings. The highest BCUT2D eigenvalue weighted by Crippen LogP contribution is 2.38. The van der Waals surface area contributed by atoms with Crippen LogP contribution in [0.1, 0.15) is 19.3 Å². The Morgan fingerprint density at radius 3 is 2.77 bits per heavy atom. The first-order chi connectivity index (χ1) is 6.29. The van der Waals surface area contributed by atoms with Crippen molar-refractivity contribution in [2.45, 2.75) is 24.8 Å². The van der Waals surface area contributed by atoms with E-state index in [9.17, 15) is 4.79 Å². The van der Waals surface area contributed by atoms with Crippen molar-refractivity contribution in [3.05, 3.63) is 18.5 Å². The summed E-state index contributed by atoms with van der Waals surface area (Å²) in [7, 11) is 1.67. The molecule has 1 saturated carbocycles. The molecule has 1 N–H and O–H groups in total. The highest BCUT2D eigenvalue weighted by Gasteiger charge is 2.45. The highest BCUT2D eigenvalue weighted by molar-refractivity contribution is 5.85. The lowest BCUT2D eigenvalue weighted by Gasteiger charge is -2.39. The molecule has 0 aliphatic heterocycles. The van der Waals surface area contributed by atoms with Crippen LogP contribution >= 0.6 is 0 Å². The molecule has 4 nitrogen and oxygen atoms in total. The summed E-state index contributed by atoms with van der Waals surface area (Å²) >= 11 is 0. The zero-order chi connectivity index (χ0) is 9.31. The van der Waals surface area contributed by atoms with Gasteiger partial charge in [0.2, 0.25) is 5.91 Å². The molecule has 1 aliphatic carbocycles. The van der Waals surface area contributed by atoms with E-state index in [-0.39, 0.29) is 5.91 Å². The number of rotatable bonds is 2. The van der Waals surface area contributed by atoms with Gasteiger partial charge in [0.1, 0.15) is 5.54 Å². The van der Waals surface area contributed by atoms with Gasteiger partial charge in [-0.15, -0.1) is 0 Å². The van der Waals surface area contributed by atoms with Gasteiger partial charge in [-0.3, -0.25) is 9.48 Å². The van der Waals surface area contributed by atoms with Crippen LogP contribution in [-0.2, 0) is 10.3 Å². The number of likely N-dealkylation sites (N-methyl/N-ethyl adjacent to an activating group) is 1. The summed E-state index contributed by atoms with van der Waals surface area (Å²) in [6, 6.07) is 1.85. The van der Waals surface area contributed by atoms with Crippen LogP contribution in [0.2, 0.25) is 0 Å². The Kier molecular flexibility index (Phi) is 1.83. The van der Waals surface area contributed by atoms with Crippen LogP contribution in [0.3, 0.4) is 0 Å². The molecule has 0 saturated heterocycles. The summed E-state index contributed by atoms with van der Waals surface area (Å²) in [5.74, 6) is 0.0717. The minimum atomic E-state index is -0.391. The van der Waals surface area contributed by atoms with E-state index in [2.05, 4.69) is 10.4 Å². The average molecular weight is 179 g/mol. The van der Waals surface area contributed by atoms with Crippen molar-refractivity contribution in [1.82, 2.24) is 15.1 Å². The van der Waals surface area contributed by atoms with Crippen molar-refractivity contribution in [2.75, 3.05) is 7.05 Å². The van der Waals surface area contributed by atoms with Crippen molar-refractivity contribution in [3.8, 4) is 0 Å². The van der Waals surface area contributed by atoms with Gasteiger partial charge in [-0.1, -0.05) is 0 Å². The van der Waals surface area contributed by atoms with Crippen LogP contribution in [-0.4, -0.2) is 22.7 Å². The molecule has 1 aliphatic rings. The van der Waals surface area contributed by atoms with Gasteiger partial charge in [0.25, 0.3) is 0 Å². The number of hydrogen-bond donors (Lipinski definition) is 1. The summed E-state index contributed by atoms with van der Waals surface area (Å²) in [6.07, 6.45) is 6.47. The molecular weight excluding hydrogens is 166 g/mol. The predicted molar refractivity (Wildman–Crippen MR) is 48.1 cm³/mol. The van der Waals surface area contributed by atoms with E-state index in [0.29, 0.717) is 0 Å². The number of hydrogen-bond acceptors (Lipinski definition) is 2. The van der Waals surface area contributed by atoms with Crippen LogP contribution in [0.4, 0.5) is 0 Å². The molecule has 70 valence electrons. The molecule has 0 unspecified atom stereocenters. The number of carbonyl (C=O) groups is 1. The summed E-state index contributed by atoms with van der Waals surface area (Å²) in [5.41, 5.74) is -0.391.